The number of nitrogens with one attached hydrogen (secondary N) is 1. The molecule has 2 aromatic rings. The number of hydrogen-bond donors (Lipinski definition) is 3. The molecule has 0 spiro atoms. The van der Waals surface area contributed by atoms with Crippen molar-refractivity contribution in [3.63, 3.8) is 0 Å². The number of anilines is 1. The van der Waals surface area contributed by atoms with Crippen LogP contribution < -0.4 is 15.6 Å². The van der Waals surface area contributed by atoms with Crippen molar-refractivity contribution in [3.05, 3.63) is 48.5 Å². The van der Waals surface area contributed by atoms with Crippen molar-refractivity contribution in [1.29, 1.82) is 0 Å². The number of para-hydroxylation sites is 1. The highest BCUT2D eigenvalue weighted by atomic mass is 32.2. The average Bonchev–Trinajstić information content (AvgIpc) is 2.88. The highest BCUT2D eigenvalue weighted by Gasteiger charge is 2.38. The lowest BCUT2D eigenvalue weighted by Gasteiger charge is -2.15. The van der Waals surface area contributed by atoms with E-state index in [1.165, 1.54) is 5.01 Å². The zero-order valence-corrected chi connectivity index (χ0v) is 14.6. The topological polar surface area (TPSA) is 137 Å². The van der Waals surface area contributed by atoms with E-state index >= 15 is 0 Å². The third-order valence-electron chi connectivity index (χ3n) is 3.86. The fourth-order valence-electron chi connectivity index (χ4n) is 2.50. The van der Waals surface area contributed by atoms with Crippen LogP contribution in [0.2, 0.25) is 0 Å². The van der Waals surface area contributed by atoms with Gasteiger partial charge in [-0.3, -0.25) is 4.79 Å². The third-order valence-corrected chi connectivity index (χ3v) is 4.77. The number of nitrogens with two attached hydrogens (primary N) is 1. The number of azo groups is 1. The van der Waals surface area contributed by atoms with E-state index in [1.54, 1.807) is 31.2 Å². The summed E-state index contributed by atoms with van der Waals surface area (Å²) in [5.41, 5.74) is 3.59. The van der Waals surface area contributed by atoms with Gasteiger partial charge in [-0.05, 0) is 37.3 Å². The van der Waals surface area contributed by atoms with Gasteiger partial charge in [0.25, 0.3) is 5.91 Å². The molecular formula is C16H17N5O4S. The van der Waals surface area contributed by atoms with Gasteiger partial charge in [0, 0.05) is 0 Å². The molecule has 9 nitrogen and oxygen atoms in total. The Kier molecular flexibility index (Phi) is 4.72. The number of phenols is 1. The standard InChI is InChI=1S/C16H17N5O4S/c1-10-15(16(23)21(20-10)11-5-3-2-4-6-11)19-18-13-9-12(26(17,24)25)7-8-14(13)22/h2-10,15,20,22H,1H3,(H2,17,24,25). The van der Waals surface area contributed by atoms with Crippen LogP contribution in [0.5, 0.6) is 5.75 Å². The molecular weight excluding hydrogens is 358 g/mol. The monoisotopic (exact) mass is 375 g/mol. The van der Waals surface area contributed by atoms with E-state index in [1.807, 2.05) is 6.07 Å². The number of phenolic OH excluding ortho intramolecular Hbond substituents is 1. The molecule has 2 unspecified atom stereocenters. The highest BCUT2D eigenvalue weighted by molar-refractivity contribution is 7.89. The minimum Gasteiger partial charge on any atom is -0.506 e. The number of rotatable bonds is 4. The molecule has 1 fully saturated rings. The third kappa shape index (κ3) is 3.57. The summed E-state index contributed by atoms with van der Waals surface area (Å²) in [6.45, 7) is 1.77. The first kappa shape index (κ1) is 18.0. The van der Waals surface area contributed by atoms with Crippen molar-refractivity contribution in [2.24, 2.45) is 15.4 Å². The van der Waals surface area contributed by atoms with Crippen molar-refractivity contribution >= 4 is 27.3 Å². The van der Waals surface area contributed by atoms with Gasteiger partial charge in [0.2, 0.25) is 10.0 Å². The second kappa shape index (κ2) is 6.83. The molecule has 0 aliphatic carbocycles. The molecule has 2 atom stereocenters. The summed E-state index contributed by atoms with van der Waals surface area (Å²) in [6, 6.07) is 11.3. The van der Waals surface area contributed by atoms with Crippen molar-refractivity contribution in [1.82, 2.24) is 5.43 Å². The van der Waals surface area contributed by atoms with Crippen LogP contribution in [0, 0.1) is 0 Å². The fraction of sp³-hybridized carbons (Fsp3) is 0.188. The second-order valence-corrected chi connectivity index (χ2v) is 7.34. The van der Waals surface area contributed by atoms with Crippen LogP contribution in [0.1, 0.15) is 6.92 Å². The average molecular weight is 375 g/mol. The van der Waals surface area contributed by atoms with Crippen molar-refractivity contribution in [2.45, 2.75) is 23.9 Å². The molecule has 1 amide bonds. The van der Waals surface area contributed by atoms with E-state index < -0.39 is 16.1 Å². The first-order chi connectivity index (χ1) is 12.3. The molecule has 0 saturated carbocycles. The molecule has 4 N–H and O–H groups in total. The highest BCUT2D eigenvalue weighted by Crippen LogP contribution is 2.30. The predicted octanol–water partition coefficient (Wildman–Crippen LogP) is 1.43. The summed E-state index contributed by atoms with van der Waals surface area (Å²) >= 11 is 0. The van der Waals surface area contributed by atoms with E-state index in [9.17, 15) is 18.3 Å². The molecule has 10 heteroatoms. The van der Waals surface area contributed by atoms with Gasteiger partial charge in [-0.1, -0.05) is 18.2 Å². The van der Waals surface area contributed by atoms with E-state index in [-0.39, 0.29) is 28.3 Å². The Labute approximate surface area is 150 Å². The number of carbonyl (C=O) groups is 1. The van der Waals surface area contributed by atoms with Crippen molar-refractivity contribution in [3.8, 4) is 5.75 Å². The molecule has 1 heterocycles. The first-order valence-corrected chi connectivity index (χ1v) is 9.24. The summed E-state index contributed by atoms with van der Waals surface area (Å²) in [5, 5.41) is 24.1. The number of nitrogens with zero attached hydrogens (tertiary/aromatic N) is 3. The molecule has 1 aliphatic rings. The SMILES string of the molecule is CC1NN(c2ccccc2)C(=O)C1N=Nc1cc(S(N)(=O)=O)ccc1O. The molecule has 0 aromatic heterocycles. The number of aromatic hydroxyl groups is 1. The summed E-state index contributed by atoms with van der Waals surface area (Å²) < 4.78 is 22.8. The number of hydrogen-bond acceptors (Lipinski definition) is 7. The molecule has 0 radical (unpaired) electrons. The van der Waals surface area contributed by atoms with Gasteiger partial charge in [0.05, 0.1) is 16.6 Å². The van der Waals surface area contributed by atoms with Gasteiger partial charge in [0.15, 0.2) is 6.04 Å². The van der Waals surface area contributed by atoms with Gasteiger partial charge >= 0.3 is 0 Å². The number of amides is 1. The zero-order valence-electron chi connectivity index (χ0n) is 13.8. The summed E-state index contributed by atoms with van der Waals surface area (Å²) in [7, 11) is -3.95. The van der Waals surface area contributed by atoms with Gasteiger partial charge in [-0.15, -0.1) is 0 Å². The minimum absolute atomic E-state index is 0.0883. The van der Waals surface area contributed by atoms with Crippen LogP contribution in [-0.4, -0.2) is 31.5 Å². The first-order valence-electron chi connectivity index (χ1n) is 7.69. The molecule has 26 heavy (non-hydrogen) atoms. The number of hydrazine groups is 1. The lowest BCUT2D eigenvalue weighted by molar-refractivity contribution is -0.118. The van der Waals surface area contributed by atoms with Crippen LogP contribution in [0.15, 0.2) is 63.7 Å². The molecule has 1 aliphatic heterocycles. The molecule has 3 rings (SSSR count). The van der Waals surface area contributed by atoms with E-state index in [4.69, 9.17) is 5.14 Å². The van der Waals surface area contributed by atoms with Crippen LogP contribution in [-0.2, 0) is 14.8 Å². The Bertz CT molecular complexity index is 962. The molecule has 136 valence electrons. The Morgan fingerprint density at radius 2 is 1.88 bits per heavy atom. The smallest absolute Gasteiger partial charge is 0.269 e. The number of benzene rings is 2. The Morgan fingerprint density at radius 3 is 2.54 bits per heavy atom. The maximum Gasteiger partial charge on any atom is 0.269 e. The number of carbonyl (C=O) groups excluding carboxylic acids is 1. The van der Waals surface area contributed by atoms with E-state index in [2.05, 4.69) is 15.7 Å². The zero-order chi connectivity index (χ0) is 18.9. The van der Waals surface area contributed by atoms with Crippen LogP contribution in [0.4, 0.5) is 11.4 Å². The quantitative estimate of drug-likeness (QED) is 0.694. The Hall–Kier alpha value is -2.82. The summed E-state index contributed by atoms with van der Waals surface area (Å²) in [4.78, 5) is 12.4. The molecule has 0 bridgehead atoms. The lowest BCUT2D eigenvalue weighted by Crippen LogP contribution is -2.36. The number of sulfonamides is 1. The van der Waals surface area contributed by atoms with Crippen LogP contribution >= 0.6 is 0 Å². The summed E-state index contributed by atoms with van der Waals surface area (Å²) in [5.74, 6) is -0.582. The fourth-order valence-corrected chi connectivity index (χ4v) is 3.03. The molecule has 2 aromatic carbocycles. The predicted molar refractivity (Wildman–Crippen MR) is 94.3 cm³/mol. The van der Waals surface area contributed by atoms with E-state index in [0.717, 1.165) is 18.2 Å². The Balaban J connectivity index is 1.86. The van der Waals surface area contributed by atoms with Gasteiger partial charge in [-0.2, -0.15) is 10.2 Å². The van der Waals surface area contributed by atoms with Crippen LogP contribution in [0.25, 0.3) is 0 Å². The van der Waals surface area contributed by atoms with E-state index in [0.29, 0.717) is 5.69 Å². The van der Waals surface area contributed by atoms with Gasteiger partial charge < -0.3 is 5.11 Å². The largest absolute Gasteiger partial charge is 0.506 e. The Morgan fingerprint density at radius 1 is 1.19 bits per heavy atom. The van der Waals surface area contributed by atoms with Gasteiger partial charge in [0.1, 0.15) is 11.4 Å². The van der Waals surface area contributed by atoms with Gasteiger partial charge in [-0.25, -0.2) is 24.0 Å². The summed E-state index contributed by atoms with van der Waals surface area (Å²) in [6.07, 6.45) is 0. The second-order valence-electron chi connectivity index (χ2n) is 5.78. The number of primary sulfonamides is 1. The van der Waals surface area contributed by atoms with Crippen molar-refractivity contribution < 1.29 is 18.3 Å². The maximum atomic E-state index is 12.6. The normalized spacial score (nSPS) is 20.8. The minimum atomic E-state index is -3.95. The maximum absolute atomic E-state index is 12.6. The van der Waals surface area contributed by atoms with Crippen LogP contribution in [0.3, 0.4) is 0 Å². The molecule has 1 saturated heterocycles. The lowest BCUT2D eigenvalue weighted by atomic mass is 10.2. The van der Waals surface area contributed by atoms with Crippen molar-refractivity contribution in [2.75, 3.05) is 5.01 Å².